The van der Waals surface area contributed by atoms with Crippen LogP contribution in [-0.2, 0) is 0 Å². The van der Waals surface area contributed by atoms with Gasteiger partial charge in [-0.3, -0.25) is 4.79 Å². The van der Waals surface area contributed by atoms with Gasteiger partial charge in [0.05, 0.1) is 15.7 Å². The maximum atomic E-state index is 12.2. The maximum absolute atomic E-state index is 12.2. The highest BCUT2D eigenvalue weighted by Gasteiger charge is 2.12. The summed E-state index contributed by atoms with van der Waals surface area (Å²) in [4.78, 5) is 12.2. The Hall–Kier alpha value is -1.71. The topological polar surface area (TPSA) is 55.1 Å². The molecule has 0 spiro atoms. The Labute approximate surface area is 127 Å². The summed E-state index contributed by atoms with van der Waals surface area (Å²) in [5.74, 6) is -0.274. The summed E-state index contributed by atoms with van der Waals surface area (Å²) in [6.45, 7) is 3.89. The Bertz CT molecular complexity index is 661. The van der Waals surface area contributed by atoms with Crippen LogP contribution in [0.25, 0.3) is 0 Å². The molecule has 0 aromatic heterocycles. The molecule has 0 radical (unpaired) electrons. The number of nitrogens with two attached hydrogens (primary N) is 1. The summed E-state index contributed by atoms with van der Waals surface area (Å²) in [7, 11) is 0. The zero-order chi connectivity index (χ0) is 14.9. The summed E-state index contributed by atoms with van der Waals surface area (Å²) in [5, 5.41) is 3.37. The van der Waals surface area contributed by atoms with E-state index in [4.69, 9.17) is 28.9 Å². The molecular weight excluding hydrogens is 295 g/mol. The molecule has 3 nitrogen and oxygen atoms in total. The number of hydrogen-bond donors (Lipinski definition) is 2. The van der Waals surface area contributed by atoms with Crippen LogP contribution in [0.1, 0.15) is 21.5 Å². The van der Waals surface area contributed by atoms with Crippen LogP contribution in [0.3, 0.4) is 0 Å². The van der Waals surface area contributed by atoms with Crippen molar-refractivity contribution in [2.24, 2.45) is 0 Å². The number of halogens is 2. The minimum atomic E-state index is -0.274. The number of rotatable bonds is 2. The Kier molecular flexibility index (Phi) is 4.21. The molecule has 5 heteroatoms. The van der Waals surface area contributed by atoms with Crippen molar-refractivity contribution in [3.63, 3.8) is 0 Å². The fourth-order valence-corrected chi connectivity index (χ4v) is 2.14. The molecule has 20 heavy (non-hydrogen) atoms. The highest BCUT2D eigenvalue weighted by Crippen LogP contribution is 2.29. The summed E-state index contributed by atoms with van der Waals surface area (Å²) in [6, 6.07) is 8.86. The fourth-order valence-electron chi connectivity index (χ4n) is 1.81. The van der Waals surface area contributed by atoms with Crippen molar-refractivity contribution in [3.05, 3.63) is 57.1 Å². The molecule has 0 aliphatic carbocycles. The predicted molar refractivity (Wildman–Crippen MR) is 84.7 cm³/mol. The van der Waals surface area contributed by atoms with Crippen LogP contribution in [-0.4, -0.2) is 5.91 Å². The van der Waals surface area contributed by atoms with Gasteiger partial charge in [0, 0.05) is 11.3 Å². The molecule has 3 N–H and O–H groups in total. The van der Waals surface area contributed by atoms with Crippen LogP contribution in [0, 0.1) is 13.8 Å². The van der Waals surface area contributed by atoms with Crippen molar-refractivity contribution >= 4 is 40.5 Å². The van der Waals surface area contributed by atoms with E-state index in [1.54, 1.807) is 0 Å². The van der Waals surface area contributed by atoms with Gasteiger partial charge in [-0.25, -0.2) is 0 Å². The van der Waals surface area contributed by atoms with Gasteiger partial charge in [-0.1, -0.05) is 35.3 Å². The van der Waals surface area contributed by atoms with E-state index in [1.165, 1.54) is 12.1 Å². The van der Waals surface area contributed by atoms with Gasteiger partial charge < -0.3 is 11.1 Å². The van der Waals surface area contributed by atoms with Gasteiger partial charge in [0.25, 0.3) is 5.91 Å². The highest BCUT2D eigenvalue weighted by molar-refractivity contribution is 6.44. The molecule has 0 saturated heterocycles. The third-order valence-electron chi connectivity index (χ3n) is 2.96. The summed E-state index contributed by atoms with van der Waals surface area (Å²) < 4.78 is 0. The van der Waals surface area contributed by atoms with Gasteiger partial charge in [-0.15, -0.1) is 0 Å². The van der Waals surface area contributed by atoms with Gasteiger partial charge in [0.15, 0.2) is 0 Å². The minimum absolute atomic E-state index is 0.259. The second-order valence-electron chi connectivity index (χ2n) is 4.63. The lowest BCUT2D eigenvalue weighted by molar-refractivity contribution is 0.102. The molecule has 0 atom stereocenters. The van der Waals surface area contributed by atoms with Gasteiger partial charge >= 0.3 is 0 Å². The maximum Gasteiger partial charge on any atom is 0.255 e. The van der Waals surface area contributed by atoms with Gasteiger partial charge in [0.2, 0.25) is 0 Å². The van der Waals surface area contributed by atoms with Crippen molar-refractivity contribution in [2.75, 3.05) is 11.1 Å². The molecule has 2 rings (SSSR count). The van der Waals surface area contributed by atoms with Crippen LogP contribution in [0.5, 0.6) is 0 Å². The molecular formula is C15H14Cl2N2O. The van der Waals surface area contributed by atoms with Crippen LogP contribution >= 0.6 is 23.2 Å². The first kappa shape index (κ1) is 14.7. The number of nitrogens with one attached hydrogen (secondary N) is 1. The number of amides is 1. The number of carbonyl (C=O) groups is 1. The lowest BCUT2D eigenvalue weighted by atomic mass is 10.1. The third kappa shape index (κ3) is 3.06. The van der Waals surface area contributed by atoms with Crippen molar-refractivity contribution in [2.45, 2.75) is 13.8 Å². The second kappa shape index (κ2) is 5.73. The van der Waals surface area contributed by atoms with E-state index >= 15 is 0 Å². The first-order valence-electron chi connectivity index (χ1n) is 6.01. The lowest BCUT2D eigenvalue weighted by Gasteiger charge is -2.10. The summed E-state index contributed by atoms with van der Waals surface area (Å²) >= 11 is 11.8. The van der Waals surface area contributed by atoms with Crippen molar-refractivity contribution in [1.29, 1.82) is 0 Å². The number of hydrogen-bond acceptors (Lipinski definition) is 2. The molecule has 0 saturated carbocycles. The number of benzene rings is 2. The first-order valence-corrected chi connectivity index (χ1v) is 6.77. The predicted octanol–water partition coefficient (Wildman–Crippen LogP) is 4.44. The molecule has 0 aliphatic heterocycles. The quantitative estimate of drug-likeness (QED) is 0.806. The molecule has 0 aliphatic rings. The van der Waals surface area contributed by atoms with Crippen LogP contribution < -0.4 is 11.1 Å². The molecule has 1 amide bonds. The molecule has 2 aromatic carbocycles. The molecule has 2 aromatic rings. The van der Waals surface area contributed by atoms with Crippen molar-refractivity contribution in [1.82, 2.24) is 0 Å². The first-order chi connectivity index (χ1) is 9.38. The molecule has 0 fully saturated rings. The Balaban J connectivity index is 2.31. The SMILES string of the molecule is Cc1ccc(C)c(NC(=O)c2cc(N)c(Cl)c(Cl)c2)c1. The molecule has 0 unspecified atom stereocenters. The highest BCUT2D eigenvalue weighted by atomic mass is 35.5. The minimum Gasteiger partial charge on any atom is -0.397 e. The van der Waals surface area contributed by atoms with Gasteiger partial charge in [-0.2, -0.15) is 0 Å². The lowest BCUT2D eigenvalue weighted by Crippen LogP contribution is -2.13. The van der Waals surface area contributed by atoms with E-state index in [0.29, 0.717) is 5.56 Å². The normalized spacial score (nSPS) is 10.4. The van der Waals surface area contributed by atoms with Crippen molar-refractivity contribution in [3.8, 4) is 0 Å². The van der Waals surface area contributed by atoms with E-state index in [-0.39, 0.29) is 21.6 Å². The van der Waals surface area contributed by atoms with Gasteiger partial charge in [0.1, 0.15) is 0 Å². The Morgan fingerprint density at radius 1 is 1.15 bits per heavy atom. The van der Waals surface area contributed by atoms with E-state index in [9.17, 15) is 4.79 Å². The number of aryl methyl sites for hydroxylation is 2. The monoisotopic (exact) mass is 308 g/mol. The van der Waals surface area contributed by atoms with E-state index in [0.717, 1.165) is 16.8 Å². The van der Waals surface area contributed by atoms with E-state index < -0.39 is 0 Å². The number of carbonyl (C=O) groups excluding carboxylic acids is 1. The second-order valence-corrected chi connectivity index (χ2v) is 5.42. The molecule has 0 bridgehead atoms. The number of anilines is 2. The molecule has 104 valence electrons. The summed E-state index contributed by atoms with van der Waals surface area (Å²) in [5.41, 5.74) is 9.18. The van der Waals surface area contributed by atoms with Crippen molar-refractivity contribution < 1.29 is 4.79 Å². The Morgan fingerprint density at radius 3 is 2.50 bits per heavy atom. The molecule has 0 heterocycles. The largest absolute Gasteiger partial charge is 0.397 e. The van der Waals surface area contributed by atoms with E-state index in [2.05, 4.69) is 5.32 Å². The van der Waals surface area contributed by atoms with Crippen LogP contribution in [0.4, 0.5) is 11.4 Å². The zero-order valence-electron chi connectivity index (χ0n) is 11.1. The summed E-state index contributed by atoms with van der Waals surface area (Å²) in [6.07, 6.45) is 0. The standard InChI is InChI=1S/C15H14Cl2N2O/c1-8-3-4-9(2)13(5-8)19-15(20)10-6-11(16)14(17)12(18)7-10/h3-7H,18H2,1-2H3,(H,19,20). The third-order valence-corrected chi connectivity index (χ3v) is 3.78. The van der Waals surface area contributed by atoms with Gasteiger partial charge in [-0.05, 0) is 43.2 Å². The average molecular weight is 309 g/mol. The fraction of sp³-hybridized carbons (Fsp3) is 0.133. The number of nitrogen functional groups attached to an aromatic ring is 1. The van der Waals surface area contributed by atoms with Crippen LogP contribution in [0.15, 0.2) is 30.3 Å². The smallest absolute Gasteiger partial charge is 0.255 e. The zero-order valence-corrected chi connectivity index (χ0v) is 12.6. The van der Waals surface area contributed by atoms with E-state index in [1.807, 2.05) is 32.0 Å². The Morgan fingerprint density at radius 2 is 1.85 bits per heavy atom. The average Bonchev–Trinajstić information content (AvgIpc) is 2.39. The van der Waals surface area contributed by atoms with Crippen LogP contribution in [0.2, 0.25) is 10.0 Å².